The Kier molecular flexibility index (Phi) is 5.97. The van der Waals surface area contributed by atoms with Crippen LogP contribution in [0.2, 0.25) is 0 Å². The Bertz CT molecular complexity index is 440. The number of hydrogen-bond acceptors (Lipinski definition) is 4. The van der Waals surface area contributed by atoms with Crippen molar-refractivity contribution >= 4 is 17.7 Å². The third-order valence-electron chi connectivity index (χ3n) is 2.52. The van der Waals surface area contributed by atoms with E-state index in [9.17, 15) is 9.59 Å². The molecule has 6 nitrogen and oxygen atoms in total. The summed E-state index contributed by atoms with van der Waals surface area (Å²) in [6.45, 7) is 6.59. The minimum Gasteiger partial charge on any atom is -0.353 e. The van der Waals surface area contributed by atoms with E-state index in [1.807, 2.05) is 20.8 Å². The van der Waals surface area contributed by atoms with Gasteiger partial charge in [-0.25, -0.2) is 9.89 Å². The maximum absolute atomic E-state index is 11.6. The Hall–Kier alpha value is -1.24. The normalized spacial score (nSPS) is 12.4. The smallest absolute Gasteiger partial charge is 0.343 e. The number of nitrogens with one attached hydrogen (secondary N) is 2. The highest BCUT2D eigenvalue weighted by Crippen LogP contribution is 2.12. The van der Waals surface area contributed by atoms with Crippen molar-refractivity contribution < 1.29 is 4.79 Å². The van der Waals surface area contributed by atoms with E-state index in [-0.39, 0.29) is 23.4 Å². The van der Waals surface area contributed by atoms with E-state index in [1.165, 1.54) is 11.8 Å². The van der Waals surface area contributed by atoms with Crippen LogP contribution in [0.1, 0.15) is 33.6 Å². The van der Waals surface area contributed by atoms with Gasteiger partial charge in [0, 0.05) is 12.6 Å². The van der Waals surface area contributed by atoms with Crippen LogP contribution in [0.4, 0.5) is 0 Å². The quantitative estimate of drug-likeness (QED) is 0.725. The summed E-state index contributed by atoms with van der Waals surface area (Å²) in [5.74, 6) is 0.242. The molecule has 0 saturated carbocycles. The molecule has 18 heavy (non-hydrogen) atoms. The summed E-state index contributed by atoms with van der Waals surface area (Å²) in [6, 6.07) is 0.176. The first-order valence-electron chi connectivity index (χ1n) is 6.15. The number of carbonyl (C=O) groups is 1. The van der Waals surface area contributed by atoms with Crippen molar-refractivity contribution in [2.75, 3.05) is 5.75 Å². The second-order valence-corrected chi connectivity index (χ2v) is 5.07. The lowest BCUT2D eigenvalue weighted by Gasteiger charge is -2.10. The van der Waals surface area contributed by atoms with Crippen molar-refractivity contribution in [2.24, 2.45) is 0 Å². The van der Waals surface area contributed by atoms with Gasteiger partial charge in [0.1, 0.15) is 0 Å². The van der Waals surface area contributed by atoms with Crippen LogP contribution in [-0.4, -0.2) is 32.5 Å². The Morgan fingerprint density at radius 2 is 2.28 bits per heavy atom. The summed E-state index contributed by atoms with van der Waals surface area (Å²) in [5, 5.41) is 9.76. The van der Waals surface area contributed by atoms with Gasteiger partial charge in [0.2, 0.25) is 5.91 Å². The number of aromatic nitrogens is 3. The van der Waals surface area contributed by atoms with Crippen LogP contribution >= 0.6 is 11.8 Å². The molecule has 1 amide bonds. The zero-order chi connectivity index (χ0) is 13.5. The van der Waals surface area contributed by atoms with Crippen molar-refractivity contribution in [2.45, 2.75) is 51.4 Å². The predicted octanol–water partition coefficient (Wildman–Crippen LogP) is 0.988. The Morgan fingerprint density at radius 3 is 2.89 bits per heavy atom. The van der Waals surface area contributed by atoms with Gasteiger partial charge in [-0.05, 0) is 19.8 Å². The number of H-pyrrole nitrogens is 1. The summed E-state index contributed by atoms with van der Waals surface area (Å²) in [4.78, 5) is 23.0. The van der Waals surface area contributed by atoms with E-state index in [4.69, 9.17) is 0 Å². The van der Waals surface area contributed by atoms with E-state index in [2.05, 4.69) is 15.5 Å². The molecule has 0 fully saturated rings. The predicted molar refractivity (Wildman–Crippen MR) is 71.8 cm³/mol. The lowest BCUT2D eigenvalue weighted by molar-refractivity contribution is -0.119. The third-order valence-corrected chi connectivity index (χ3v) is 3.50. The molecule has 7 heteroatoms. The fraction of sp³-hybridized carbons (Fsp3) is 0.727. The van der Waals surface area contributed by atoms with Crippen LogP contribution in [0.3, 0.4) is 0 Å². The Labute approximate surface area is 111 Å². The second kappa shape index (κ2) is 7.25. The first kappa shape index (κ1) is 14.8. The highest BCUT2D eigenvalue weighted by atomic mass is 32.2. The van der Waals surface area contributed by atoms with E-state index in [0.29, 0.717) is 11.7 Å². The fourth-order valence-corrected chi connectivity index (χ4v) is 2.17. The molecule has 0 aliphatic rings. The summed E-state index contributed by atoms with van der Waals surface area (Å²) in [6.07, 6.45) is 1.76. The van der Waals surface area contributed by atoms with Crippen molar-refractivity contribution in [1.82, 2.24) is 20.1 Å². The number of amides is 1. The maximum Gasteiger partial charge on any atom is 0.343 e. The number of rotatable bonds is 7. The summed E-state index contributed by atoms with van der Waals surface area (Å²) >= 11 is 1.28. The molecular weight excluding hydrogens is 252 g/mol. The average molecular weight is 272 g/mol. The molecule has 0 aliphatic heterocycles. The molecule has 0 aromatic carbocycles. The van der Waals surface area contributed by atoms with Gasteiger partial charge in [-0.2, -0.15) is 0 Å². The van der Waals surface area contributed by atoms with Crippen LogP contribution in [0.5, 0.6) is 0 Å². The summed E-state index contributed by atoms with van der Waals surface area (Å²) < 4.78 is 1.56. The maximum atomic E-state index is 11.6. The number of thioether (sulfide) groups is 1. The van der Waals surface area contributed by atoms with Crippen molar-refractivity contribution in [3.63, 3.8) is 0 Å². The standard InChI is InChI=1S/C11H20N4O2S/c1-4-6-15-10(17)13-14-11(15)18-7-9(16)12-8(3)5-2/h8H,4-7H2,1-3H3,(H,12,16)(H,13,17)/t8-/m1/s1. The lowest BCUT2D eigenvalue weighted by Crippen LogP contribution is -2.33. The van der Waals surface area contributed by atoms with Gasteiger partial charge >= 0.3 is 5.69 Å². The molecule has 0 saturated heterocycles. The van der Waals surface area contributed by atoms with Gasteiger partial charge in [-0.3, -0.25) is 9.36 Å². The summed E-state index contributed by atoms with van der Waals surface area (Å²) in [7, 11) is 0. The van der Waals surface area contributed by atoms with Crippen molar-refractivity contribution in [3.8, 4) is 0 Å². The van der Waals surface area contributed by atoms with Gasteiger partial charge in [-0.1, -0.05) is 25.6 Å². The third kappa shape index (κ3) is 4.21. The average Bonchev–Trinajstić information content (AvgIpc) is 2.69. The number of carbonyl (C=O) groups excluding carboxylic acids is 1. The molecule has 0 radical (unpaired) electrons. The van der Waals surface area contributed by atoms with Crippen LogP contribution in [0.15, 0.2) is 9.95 Å². The van der Waals surface area contributed by atoms with Crippen molar-refractivity contribution in [1.29, 1.82) is 0 Å². The van der Waals surface area contributed by atoms with Crippen LogP contribution in [0, 0.1) is 0 Å². The van der Waals surface area contributed by atoms with Gasteiger partial charge in [0.15, 0.2) is 5.16 Å². The SMILES string of the molecule is CCCn1c(SCC(=O)N[C@H](C)CC)n[nH]c1=O. The largest absolute Gasteiger partial charge is 0.353 e. The number of nitrogens with zero attached hydrogens (tertiary/aromatic N) is 2. The zero-order valence-corrected chi connectivity index (χ0v) is 11.8. The van der Waals surface area contributed by atoms with E-state index in [0.717, 1.165) is 12.8 Å². The molecule has 2 N–H and O–H groups in total. The molecular formula is C11H20N4O2S. The molecule has 1 heterocycles. The van der Waals surface area contributed by atoms with E-state index in [1.54, 1.807) is 4.57 Å². The Balaban J connectivity index is 2.53. The minimum absolute atomic E-state index is 0.0344. The zero-order valence-electron chi connectivity index (χ0n) is 11.0. The van der Waals surface area contributed by atoms with Gasteiger partial charge in [-0.15, -0.1) is 5.10 Å². The van der Waals surface area contributed by atoms with Gasteiger partial charge < -0.3 is 5.32 Å². The molecule has 1 aromatic rings. The van der Waals surface area contributed by atoms with Gasteiger partial charge in [0.25, 0.3) is 0 Å². The molecule has 1 aromatic heterocycles. The first-order chi connectivity index (χ1) is 8.58. The summed E-state index contributed by atoms with van der Waals surface area (Å²) in [5.41, 5.74) is -0.221. The molecule has 0 aliphatic carbocycles. The number of hydrogen-bond donors (Lipinski definition) is 2. The van der Waals surface area contributed by atoms with Crippen LogP contribution in [-0.2, 0) is 11.3 Å². The van der Waals surface area contributed by atoms with E-state index < -0.39 is 0 Å². The van der Waals surface area contributed by atoms with E-state index >= 15 is 0 Å². The van der Waals surface area contributed by atoms with Crippen LogP contribution in [0.25, 0.3) is 0 Å². The molecule has 0 unspecified atom stereocenters. The highest BCUT2D eigenvalue weighted by molar-refractivity contribution is 7.99. The van der Waals surface area contributed by atoms with Gasteiger partial charge in [0.05, 0.1) is 5.75 Å². The Morgan fingerprint density at radius 1 is 1.56 bits per heavy atom. The molecule has 102 valence electrons. The molecule has 0 bridgehead atoms. The fourth-order valence-electron chi connectivity index (χ4n) is 1.38. The minimum atomic E-state index is -0.221. The lowest BCUT2D eigenvalue weighted by atomic mass is 10.3. The first-order valence-corrected chi connectivity index (χ1v) is 7.14. The topological polar surface area (TPSA) is 79.8 Å². The molecule has 0 spiro atoms. The van der Waals surface area contributed by atoms with Crippen LogP contribution < -0.4 is 11.0 Å². The second-order valence-electron chi connectivity index (χ2n) is 4.13. The monoisotopic (exact) mass is 272 g/mol. The molecule has 1 rings (SSSR count). The molecule has 1 atom stereocenters. The highest BCUT2D eigenvalue weighted by Gasteiger charge is 2.11. The number of aromatic amines is 1. The van der Waals surface area contributed by atoms with Crippen molar-refractivity contribution in [3.05, 3.63) is 10.5 Å².